The molecule has 28 heavy (non-hydrogen) atoms. The van der Waals surface area contributed by atoms with Crippen molar-refractivity contribution >= 4 is 23.2 Å². The van der Waals surface area contributed by atoms with E-state index in [1.165, 1.54) is 6.42 Å². The summed E-state index contributed by atoms with van der Waals surface area (Å²) in [5.74, 6) is 0.573. The minimum Gasteiger partial charge on any atom is -0.369 e. The van der Waals surface area contributed by atoms with Gasteiger partial charge in [-0.1, -0.05) is 32.4 Å². The predicted octanol–water partition coefficient (Wildman–Crippen LogP) is 2.85. The number of nitrogens with one attached hydrogen (secondary N) is 2. The number of para-hydroxylation sites is 2. The number of hydrogen-bond acceptors (Lipinski definition) is 4. The molecule has 1 fully saturated rings. The number of nitrogens with zero attached hydrogens (tertiary/aromatic N) is 2. The fourth-order valence-corrected chi connectivity index (χ4v) is 4.29. The monoisotopic (exact) mass is 386 g/mol. The number of amides is 2. The average Bonchev–Trinajstić information content (AvgIpc) is 2.70. The van der Waals surface area contributed by atoms with Gasteiger partial charge < -0.3 is 15.5 Å². The van der Waals surface area contributed by atoms with Gasteiger partial charge in [0.25, 0.3) is 5.91 Å². The van der Waals surface area contributed by atoms with E-state index in [1.807, 2.05) is 38.1 Å². The summed E-state index contributed by atoms with van der Waals surface area (Å²) < 4.78 is 0. The predicted molar refractivity (Wildman–Crippen MR) is 114 cm³/mol. The van der Waals surface area contributed by atoms with Crippen molar-refractivity contribution in [1.29, 1.82) is 0 Å². The number of anilines is 2. The van der Waals surface area contributed by atoms with E-state index in [9.17, 15) is 9.59 Å². The molecule has 0 radical (unpaired) electrons. The Morgan fingerprint density at radius 2 is 1.89 bits per heavy atom. The molecule has 0 bridgehead atoms. The van der Waals surface area contributed by atoms with E-state index in [1.54, 1.807) is 4.90 Å². The van der Waals surface area contributed by atoms with Crippen LogP contribution in [0.4, 0.5) is 11.4 Å². The first-order chi connectivity index (χ1) is 13.4. The Balaban J connectivity index is 1.85. The summed E-state index contributed by atoms with van der Waals surface area (Å²) in [6, 6.07) is 7.28. The Bertz CT molecular complexity index is 712. The van der Waals surface area contributed by atoms with E-state index in [-0.39, 0.29) is 11.8 Å². The molecule has 154 valence electrons. The van der Waals surface area contributed by atoms with Gasteiger partial charge in [-0.3, -0.25) is 14.5 Å². The Morgan fingerprint density at radius 1 is 1.21 bits per heavy atom. The molecule has 1 aromatic rings. The summed E-state index contributed by atoms with van der Waals surface area (Å²) in [5.41, 5.74) is 1.11. The van der Waals surface area contributed by atoms with Crippen molar-refractivity contribution in [3.05, 3.63) is 24.3 Å². The van der Waals surface area contributed by atoms with Crippen molar-refractivity contribution < 1.29 is 9.59 Å². The van der Waals surface area contributed by atoms with Gasteiger partial charge in [-0.2, -0.15) is 0 Å². The van der Waals surface area contributed by atoms with Crippen molar-refractivity contribution in [3.8, 4) is 0 Å². The summed E-state index contributed by atoms with van der Waals surface area (Å²) in [5, 5.41) is 6.42. The summed E-state index contributed by atoms with van der Waals surface area (Å²) in [6.45, 7) is 11.6. The van der Waals surface area contributed by atoms with Crippen LogP contribution in [0.1, 0.15) is 47.0 Å². The summed E-state index contributed by atoms with van der Waals surface area (Å²) in [7, 11) is 0. The van der Waals surface area contributed by atoms with Crippen molar-refractivity contribution in [2.24, 2.45) is 5.92 Å². The fourth-order valence-electron chi connectivity index (χ4n) is 4.29. The third-order valence-electron chi connectivity index (χ3n) is 6.26. The van der Waals surface area contributed by atoms with Gasteiger partial charge in [0.05, 0.1) is 11.4 Å². The number of benzene rings is 1. The molecule has 2 N–H and O–H groups in total. The second-order valence-corrected chi connectivity index (χ2v) is 8.28. The van der Waals surface area contributed by atoms with Gasteiger partial charge in [0.1, 0.15) is 11.6 Å². The third kappa shape index (κ3) is 3.88. The molecule has 2 atom stereocenters. The van der Waals surface area contributed by atoms with Crippen LogP contribution >= 0.6 is 0 Å². The maximum absolute atomic E-state index is 13.7. The van der Waals surface area contributed by atoms with E-state index in [0.717, 1.165) is 43.9 Å². The summed E-state index contributed by atoms with van der Waals surface area (Å²) in [6.07, 6.45) is 2.69. The van der Waals surface area contributed by atoms with Gasteiger partial charge >= 0.3 is 0 Å². The van der Waals surface area contributed by atoms with Crippen molar-refractivity contribution in [2.45, 2.75) is 58.5 Å². The smallest absolute Gasteiger partial charge is 0.253 e. The zero-order valence-corrected chi connectivity index (χ0v) is 17.6. The molecule has 2 amide bonds. The van der Waals surface area contributed by atoms with Crippen LogP contribution in [0.2, 0.25) is 0 Å². The molecule has 2 unspecified atom stereocenters. The highest BCUT2D eigenvalue weighted by molar-refractivity contribution is 6.11. The van der Waals surface area contributed by atoms with E-state index >= 15 is 0 Å². The number of likely N-dealkylation sites (tertiary alicyclic amines) is 1. The third-order valence-corrected chi connectivity index (χ3v) is 6.26. The molecule has 2 aliphatic rings. The Kier molecular flexibility index (Phi) is 6.28. The molecule has 1 aromatic carbocycles. The molecule has 0 aromatic heterocycles. The fraction of sp³-hybridized carbons (Fsp3) is 0.636. The van der Waals surface area contributed by atoms with Gasteiger partial charge in [-0.25, -0.2) is 0 Å². The Morgan fingerprint density at radius 3 is 2.54 bits per heavy atom. The van der Waals surface area contributed by atoms with Gasteiger partial charge in [-0.15, -0.1) is 0 Å². The lowest BCUT2D eigenvalue weighted by atomic mass is 9.82. The Labute approximate surface area is 168 Å². The molecular formula is C22H34N4O2. The van der Waals surface area contributed by atoms with Crippen molar-refractivity contribution in [1.82, 2.24) is 10.2 Å². The van der Waals surface area contributed by atoms with Gasteiger partial charge in [0, 0.05) is 26.2 Å². The second kappa shape index (κ2) is 8.52. The molecule has 2 aliphatic heterocycles. The highest BCUT2D eigenvalue weighted by atomic mass is 16.2. The largest absolute Gasteiger partial charge is 0.369 e. The number of carbonyl (C=O) groups excluding carboxylic acids is 2. The van der Waals surface area contributed by atoms with Crippen LogP contribution in [0.5, 0.6) is 0 Å². The maximum Gasteiger partial charge on any atom is 0.253 e. The van der Waals surface area contributed by atoms with E-state index in [2.05, 4.69) is 29.4 Å². The Hall–Kier alpha value is -2.08. The molecular weight excluding hydrogens is 352 g/mol. The molecule has 0 saturated carbocycles. The van der Waals surface area contributed by atoms with Crippen LogP contribution in [-0.2, 0) is 9.59 Å². The first-order valence-electron chi connectivity index (χ1n) is 10.6. The van der Waals surface area contributed by atoms with Crippen LogP contribution in [-0.4, -0.2) is 54.5 Å². The molecule has 1 saturated heterocycles. The van der Waals surface area contributed by atoms with Gasteiger partial charge in [0.2, 0.25) is 5.91 Å². The normalized spacial score (nSPS) is 21.0. The molecule has 2 heterocycles. The first kappa shape index (κ1) is 20.6. The summed E-state index contributed by atoms with van der Waals surface area (Å²) >= 11 is 0. The van der Waals surface area contributed by atoms with Crippen LogP contribution in [0.3, 0.4) is 0 Å². The van der Waals surface area contributed by atoms with E-state index in [4.69, 9.17) is 0 Å². The van der Waals surface area contributed by atoms with Crippen molar-refractivity contribution in [2.75, 3.05) is 36.4 Å². The lowest BCUT2D eigenvalue weighted by Crippen LogP contribution is -2.65. The lowest BCUT2D eigenvalue weighted by Gasteiger charge is -2.49. The van der Waals surface area contributed by atoms with Gasteiger partial charge in [0.15, 0.2) is 0 Å². The first-order valence-corrected chi connectivity index (χ1v) is 10.6. The molecule has 3 rings (SSSR count). The highest BCUT2D eigenvalue weighted by Crippen LogP contribution is 2.41. The minimum absolute atomic E-state index is 0.0214. The summed E-state index contributed by atoms with van der Waals surface area (Å²) in [4.78, 5) is 30.4. The number of likely N-dealkylation sites (N-methyl/N-ethyl adjacent to an activating group) is 1. The number of fused-ring (bicyclic) bond motifs is 1. The molecule has 6 heteroatoms. The maximum atomic E-state index is 13.7. The lowest BCUT2D eigenvalue weighted by molar-refractivity contribution is -0.129. The van der Waals surface area contributed by atoms with Crippen LogP contribution in [0.15, 0.2) is 24.3 Å². The number of piperidine rings is 1. The minimum atomic E-state index is -0.624. The van der Waals surface area contributed by atoms with E-state index < -0.39 is 11.6 Å². The zero-order chi connectivity index (χ0) is 20.3. The SMILES string of the molecule is CCNC(=O)C(C)N1C(=O)C2(CCN(CC(C)CC)CC2)Nc2ccccc21. The standard InChI is InChI=1S/C22H34N4O2/c1-5-16(3)15-25-13-11-22(12-14-25)21(28)26(17(4)20(27)23-6-2)19-10-8-7-9-18(19)24-22/h7-10,16-17,24H,5-6,11-15H2,1-4H3,(H,23,27). The van der Waals surface area contributed by atoms with Crippen LogP contribution < -0.4 is 15.5 Å². The second-order valence-electron chi connectivity index (χ2n) is 8.28. The quantitative estimate of drug-likeness (QED) is 0.789. The topological polar surface area (TPSA) is 64.7 Å². The number of hydrogen-bond donors (Lipinski definition) is 2. The van der Waals surface area contributed by atoms with Crippen LogP contribution in [0.25, 0.3) is 0 Å². The average molecular weight is 387 g/mol. The number of carbonyl (C=O) groups is 2. The number of rotatable bonds is 6. The van der Waals surface area contributed by atoms with Gasteiger partial charge in [-0.05, 0) is 44.7 Å². The molecule has 6 nitrogen and oxygen atoms in total. The van der Waals surface area contributed by atoms with E-state index in [0.29, 0.717) is 12.5 Å². The molecule has 1 spiro atoms. The zero-order valence-electron chi connectivity index (χ0n) is 17.6. The molecule has 0 aliphatic carbocycles. The highest BCUT2D eigenvalue weighted by Gasteiger charge is 2.49. The van der Waals surface area contributed by atoms with Crippen LogP contribution in [0, 0.1) is 5.92 Å². The van der Waals surface area contributed by atoms with Crippen molar-refractivity contribution in [3.63, 3.8) is 0 Å².